The largest absolute Gasteiger partial charge is 0.379 e. The molecule has 2 rings (SSSR count). The quantitative estimate of drug-likeness (QED) is 0.815. The van der Waals surface area contributed by atoms with E-state index in [2.05, 4.69) is 37.4 Å². The van der Waals surface area contributed by atoms with Gasteiger partial charge in [0.2, 0.25) is 0 Å². The maximum absolute atomic E-state index is 5.80. The maximum atomic E-state index is 5.80. The van der Waals surface area contributed by atoms with Crippen molar-refractivity contribution in [1.82, 2.24) is 5.32 Å². The summed E-state index contributed by atoms with van der Waals surface area (Å²) in [4.78, 5) is 0. The molecule has 1 unspecified atom stereocenters. The molecule has 0 bridgehead atoms. The van der Waals surface area contributed by atoms with Crippen molar-refractivity contribution in [3.63, 3.8) is 0 Å². The Morgan fingerprint density at radius 3 is 2.76 bits per heavy atom. The van der Waals surface area contributed by atoms with E-state index in [4.69, 9.17) is 4.74 Å². The molecule has 1 aromatic carbocycles. The molecular formula is C15H23NO. The van der Waals surface area contributed by atoms with E-state index in [9.17, 15) is 0 Å². The lowest BCUT2D eigenvalue weighted by Crippen LogP contribution is -2.23. The lowest BCUT2D eigenvalue weighted by molar-refractivity contribution is 0.104. The van der Waals surface area contributed by atoms with Gasteiger partial charge in [-0.25, -0.2) is 0 Å². The van der Waals surface area contributed by atoms with Crippen LogP contribution in [-0.2, 0) is 4.74 Å². The predicted molar refractivity (Wildman–Crippen MR) is 71.3 cm³/mol. The second-order valence-electron chi connectivity index (χ2n) is 5.18. The van der Waals surface area contributed by atoms with Crippen LogP contribution in [0.25, 0.3) is 0 Å². The lowest BCUT2D eigenvalue weighted by Gasteiger charge is -2.19. The van der Waals surface area contributed by atoms with Crippen LogP contribution in [0.1, 0.15) is 35.6 Å². The Balaban J connectivity index is 1.96. The first-order valence-corrected chi connectivity index (χ1v) is 6.53. The fraction of sp³-hybridized carbons (Fsp3) is 0.600. The minimum atomic E-state index is 0.314. The highest BCUT2D eigenvalue weighted by Gasteiger charge is 2.22. The molecule has 17 heavy (non-hydrogen) atoms. The van der Waals surface area contributed by atoms with Crippen LogP contribution in [0.5, 0.6) is 0 Å². The summed E-state index contributed by atoms with van der Waals surface area (Å²) in [5.41, 5.74) is 4.02. The van der Waals surface area contributed by atoms with Gasteiger partial charge in [-0.1, -0.05) is 23.8 Å². The second-order valence-corrected chi connectivity index (χ2v) is 5.18. The molecule has 1 aromatic rings. The molecule has 2 nitrogen and oxygen atoms in total. The number of likely N-dealkylation sites (N-methyl/N-ethyl adjacent to an activating group) is 1. The molecule has 0 aromatic heterocycles. The Labute approximate surface area is 104 Å². The molecule has 2 heteroatoms. The Bertz CT molecular complexity index is 371. The van der Waals surface area contributed by atoms with Crippen LogP contribution in [0.3, 0.4) is 0 Å². The predicted octanol–water partition coefficient (Wildman–Crippen LogP) is 2.99. The van der Waals surface area contributed by atoms with Crippen molar-refractivity contribution in [2.24, 2.45) is 5.92 Å². The van der Waals surface area contributed by atoms with Gasteiger partial charge < -0.3 is 10.1 Å². The van der Waals surface area contributed by atoms with Crippen LogP contribution in [0.4, 0.5) is 0 Å². The van der Waals surface area contributed by atoms with Gasteiger partial charge in [-0.3, -0.25) is 0 Å². The molecule has 1 saturated carbocycles. The summed E-state index contributed by atoms with van der Waals surface area (Å²) < 4.78 is 5.80. The highest BCUT2D eigenvalue weighted by atomic mass is 16.5. The van der Waals surface area contributed by atoms with Gasteiger partial charge in [0.15, 0.2) is 0 Å². The summed E-state index contributed by atoms with van der Waals surface area (Å²) >= 11 is 0. The van der Waals surface area contributed by atoms with E-state index in [0.29, 0.717) is 6.04 Å². The number of hydrogen-bond donors (Lipinski definition) is 1. The van der Waals surface area contributed by atoms with Crippen molar-refractivity contribution in [3.8, 4) is 0 Å². The average molecular weight is 233 g/mol. The SMILES string of the molecule is CNC(COCC1CC1)c1cc(C)ccc1C. The molecule has 0 heterocycles. The molecule has 1 N–H and O–H groups in total. The molecule has 1 atom stereocenters. The van der Waals surface area contributed by atoms with Gasteiger partial charge in [-0.15, -0.1) is 0 Å². The van der Waals surface area contributed by atoms with Crippen LogP contribution >= 0.6 is 0 Å². The van der Waals surface area contributed by atoms with E-state index >= 15 is 0 Å². The molecule has 0 saturated heterocycles. The third-order valence-electron chi connectivity index (χ3n) is 3.49. The van der Waals surface area contributed by atoms with Crippen LogP contribution < -0.4 is 5.32 Å². The van der Waals surface area contributed by atoms with Gasteiger partial charge >= 0.3 is 0 Å². The van der Waals surface area contributed by atoms with Crippen LogP contribution in [0, 0.1) is 19.8 Å². The minimum Gasteiger partial charge on any atom is -0.379 e. The molecule has 0 spiro atoms. The number of benzene rings is 1. The van der Waals surface area contributed by atoms with E-state index < -0.39 is 0 Å². The van der Waals surface area contributed by atoms with E-state index in [0.717, 1.165) is 19.1 Å². The minimum absolute atomic E-state index is 0.314. The number of rotatable bonds is 6. The summed E-state index contributed by atoms with van der Waals surface area (Å²) in [6.45, 7) is 6.01. The summed E-state index contributed by atoms with van der Waals surface area (Å²) in [7, 11) is 2.01. The summed E-state index contributed by atoms with van der Waals surface area (Å²) in [6.07, 6.45) is 2.71. The molecule has 0 aliphatic heterocycles. The first-order chi connectivity index (χ1) is 8.20. The number of nitrogens with one attached hydrogen (secondary N) is 1. The van der Waals surface area contributed by atoms with E-state index in [1.54, 1.807) is 0 Å². The fourth-order valence-corrected chi connectivity index (χ4v) is 2.10. The standard InChI is InChI=1S/C15H23NO/c1-11-4-5-12(2)14(8-11)15(16-3)10-17-9-13-6-7-13/h4-5,8,13,15-16H,6-7,9-10H2,1-3H3. The summed E-state index contributed by atoms with van der Waals surface area (Å²) in [5.74, 6) is 0.839. The fourth-order valence-electron chi connectivity index (χ4n) is 2.10. The lowest BCUT2D eigenvalue weighted by atomic mass is 9.99. The van der Waals surface area contributed by atoms with Gasteiger partial charge in [-0.05, 0) is 50.8 Å². The van der Waals surface area contributed by atoms with Gasteiger partial charge in [0.05, 0.1) is 12.6 Å². The zero-order valence-electron chi connectivity index (χ0n) is 11.1. The van der Waals surface area contributed by atoms with Gasteiger partial charge in [0.25, 0.3) is 0 Å². The maximum Gasteiger partial charge on any atom is 0.0661 e. The molecule has 1 aliphatic rings. The van der Waals surface area contributed by atoms with Crippen molar-refractivity contribution >= 4 is 0 Å². The number of hydrogen-bond acceptors (Lipinski definition) is 2. The van der Waals surface area contributed by atoms with E-state index in [1.807, 2.05) is 7.05 Å². The first-order valence-electron chi connectivity index (χ1n) is 6.53. The summed E-state index contributed by atoms with van der Waals surface area (Å²) in [5, 5.41) is 3.36. The Hall–Kier alpha value is -0.860. The van der Waals surface area contributed by atoms with Gasteiger partial charge in [0, 0.05) is 6.61 Å². The van der Waals surface area contributed by atoms with Crippen molar-refractivity contribution < 1.29 is 4.74 Å². The Morgan fingerprint density at radius 2 is 2.12 bits per heavy atom. The Morgan fingerprint density at radius 1 is 1.35 bits per heavy atom. The second kappa shape index (κ2) is 5.65. The van der Waals surface area contributed by atoms with E-state index in [-0.39, 0.29) is 0 Å². The van der Waals surface area contributed by atoms with Crippen molar-refractivity contribution in [2.45, 2.75) is 32.7 Å². The Kier molecular flexibility index (Phi) is 4.19. The third-order valence-corrected chi connectivity index (χ3v) is 3.49. The average Bonchev–Trinajstić information content (AvgIpc) is 3.12. The number of aryl methyl sites for hydroxylation is 2. The third kappa shape index (κ3) is 3.55. The summed E-state index contributed by atoms with van der Waals surface area (Å²) in [6, 6.07) is 6.93. The molecule has 1 fully saturated rings. The molecule has 1 aliphatic carbocycles. The smallest absolute Gasteiger partial charge is 0.0661 e. The molecule has 0 radical (unpaired) electrons. The van der Waals surface area contributed by atoms with Gasteiger partial charge in [-0.2, -0.15) is 0 Å². The van der Waals surface area contributed by atoms with Crippen LogP contribution in [0.2, 0.25) is 0 Å². The number of ether oxygens (including phenoxy) is 1. The zero-order valence-corrected chi connectivity index (χ0v) is 11.1. The van der Waals surface area contributed by atoms with Crippen molar-refractivity contribution in [2.75, 3.05) is 20.3 Å². The first kappa shape index (κ1) is 12.6. The molecule has 94 valence electrons. The highest BCUT2D eigenvalue weighted by Crippen LogP contribution is 2.29. The van der Waals surface area contributed by atoms with Crippen LogP contribution in [-0.4, -0.2) is 20.3 Å². The van der Waals surface area contributed by atoms with Crippen molar-refractivity contribution in [3.05, 3.63) is 34.9 Å². The zero-order chi connectivity index (χ0) is 12.3. The van der Waals surface area contributed by atoms with E-state index in [1.165, 1.54) is 29.5 Å². The monoisotopic (exact) mass is 233 g/mol. The topological polar surface area (TPSA) is 21.3 Å². The molecular weight excluding hydrogens is 210 g/mol. The molecule has 0 amide bonds. The van der Waals surface area contributed by atoms with Gasteiger partial charge in [0.1, 0.15) is 0 Å². The normalized spacial score (nSPS) is 17.1. The van der Waals surface area contributed by atoms with Crippen LogP contribution in [0.15, 0.2) is 18.2 Å². The van der Waals surface area contributed by atoms with Crippen molar-refractivity contribution in [1.29, 1.82) is 0 Å². The highest BCUT2D eigenvalue weighted by molar-refractivity contribution is 5.33.